The summed E-state index contributed by atoms with van der Waals surface area (Å²) in [5, 5.41) is 9.16. The summed E-state index contributed by atoms with van der Waals surface area (Å²) in [6, 6.07) is 13.5. The van der Waals surface area contributed by atoms with Crippen LogP contribution in [0.15, 0.2) is 48.7 Å². The molecule has 0 saturated carbocycles. The van der Waals surface area contributed by atoms with E-state index in [9.17, 15) is 4.79 Å². The number of aliphatic hydroxyl groups excluding tert-OH is 1. The molecule has 4 heteroatoms. The number of carbonyl (C=O) groups is 1. The molecule has 1 unspecified atom stereocenters. The number of carbonyl (C=O) groups excluding carboxylic acids is 1. The maximum atomic E-state index is 12.4. The highest BCUT2D eigenvalue weighted by molar-refractivity contribution is 5.92. The third-order valence-corrected chi connectivity index (χ3v) is 3.49. The van der Waals surface area contributed by atoms with Gasteiger partial charge in [0.2, 0.25) is 0 Å². The maximum Gasteiger partial charge on any atom is 0.270 e. The molecular weight excluding hydrogens is 252 g/mol. The molecule has 0 aliphatic rings. The average Bonchev–Trinajstić information content (AvgIpc) is 2.94. The fourth-order valence-electron chi connectivity index (χ4n) is 2.03. The number of aromatic nitrogens is 1. The van der Waals surface area contributed by atoms with Gasteiger partial charge < -0.3 is 14.6 Å². The molecular formula is C16H20N2O2. The lowest BCUT2D eigenvalue weighted by Crippen LogP contribution is -2.38. The Bertz CT molecular complexity index is 563. The van der Waals surface area contributed by atoms with Crippen molar-refractivity contribution in [3.8, 4) is 0 Å². The highest BCUT2D eigenvalue weighted by Crippen LogP contribution is 2.11. The van der Waals surface area contributed by atoms with Crippen LogP contribution in [0.3, 0.4) is 0 Å². The van der Waals surface area contributed by atoms with E-state index in [-0.39, 0.29) is 18.6 Å². The summed E-state index contributed by atoms with van der Waals surface area (Å²) in [6.07, 6.45) is 1.90. The van der Waals surface area contributed by atoms with E-state index >= 15 is 0 Å². The minimum absolute atomic E-state index is 0.0400. The molecule has 0 aliphatic heterocycles. The predicted molar refractivity (Wildman–Crippen MR) is 78.6 cm³/mol. The SMILES string of the molecule is CC(CO)N(C)C(=O)c1cccn1Cc1ccccc1. The monoisotopic (exact) mass is 272 g/mol. The zero-order valence-electron chi connectivity index (χ0n) is 11.9. The fourth-order valence-corrected chi connectivity index (χ4v) is 2.03. The molecule has 0 bridgehead atoms. The molecule has 1 aromatic heterocycles. The maximum absolute atomic E-state index is 12.4. The van der Waals surface area contributed by atoms with Crippen molar-refractivity contribution in [1.29, 1.82) is 0 Å². The molecule has 2 aromatic rings. The van der Waals surface area contributed by atoms with Crippen LogP contribution in [0, 0.1) is 0 Å². The quantitative estimate of drug-likeness (QED) is 0.904. The van der Waals surface area contributed by atoms with Gasteiger partial charge in [0.05, 0.1) is 12.6 Å². The molecule has 1 aromatic carbocycles. The van der Waals surface area contributed by atoms with E-state index in [1.807, 2.05) is 60.2 Å². The summed E-state index contributed by atoms with van der Waals surface area (Å²) in [5.41, 5.74) is 1.78. The minimum Gasteiger partial charge on any atom is -0.394 e. The highest BCUT2D eigenvalue weighted by Gasteiger charge is 2.19. The van der Waals surface area contributed by atoms with Gasteiger partial charge in [0.15, 0.2) is 0 Å². The Morgan fingerprint density at radius 1 is 1.25 bits per heavy atom. The molecule has 0 spiro atoms. The van der Waals surface area contributed by atoms with Gasteiger partial charge in [-0.05, 0) is 24.6 Å². The van der Waals surface area contributed by atoms with Crippen molar-refractivity contribution in [2.24, 2.45) is 0 Å². The first-order valence-corrected chi connectivity index (χ1v) is 6.70. The van der Waals surface area contributed by atoms with Crippen LogP contribution in [0.1, 0.15) is 23.0 Å². The summed E-state index contributed by atoms with van der Waals surface area (Å²) in [5.74, 6) is -0.0764. The Morgan fingerprint density at radius 3 is 2.60 bits per heavy atom. The Kier molecular flexibility index (Phi) is 4.58. The standard InChI is InChI=1S/C16H20N2O2/c1-13(12-19)17(2)16(20)15-9-6-10-18(15)11-14-7-4-3-5-8-14/h3-10,13,19H,11-12H2,1-2H3. The molecule has 4 nitrogen and oxygen atoms in total. The molecule has 1 N–H and O–H groups in total. The number of nitrogens with zero attached hydrogens (tertiary/aromatic N) is 2. The van der Waals surface area contributed by atoms with Gasteiger partial charge in [0, 0.05) is 19.8 Å². The lowest BCUT2D eigenvalue weighted by atomic mass is 10.2. The van der Waals surface area contributed by atoms with Gasteiger partial charge >= 0.3 is 0 Å². The van der Waals surface area contributed by atoms with Gasteiger partial charge in [0.25, 0.3) is 5.91 Å². The van der Waals surface area contributed by atoms with E-state index in [1.54, 1.807) is 11.9 Å². The topological polar surface area (TPSA) is 45.5 Å². The first kappa shape index (κ1) is 14.3. The third-order valence-electron chi connectivity index (χ3n) is 3.49. The van der Waals surface area contributed by atoms with Crippen LogP contribution in [0.4, 0.5) is 0 Å². The number of likely N-dealkylation sites (N-methyl/N-ethyl adjacent to an activating group) is 1. The van der Waals surface area contributed by atoms with E-state index in [1.165, 1.54) is 0 Å². The first-order chi connectivity index (χ1) is 9.63. The van der Waals surface area contributed by atoms with Gasteiger partial charge in [-0.2, -0.15) is 0 Å². The van der Waals surface area contributed by atoms with Crippen molar-refractivity contribution >= 4 is 5.91 Å². The number of hydrogen-bond acceptors (Lipinski definition) is 2. The number of hydrogen-bond donors (Lipinski definition) is 1. The Labute approximate surface area is 119 Å². The molecule has 0 fully saturated rings. The predicted octanol–water partition coefficient (Wildman–Crippen LogP) is 1.99. The molecule has 0 aliphatic carbocycles. The molecule has 1 heterocycles. The van der Waals surface area contributed by atoms with Crippen molar-refractivity contribution in [3.63, 3.8) is 0 Å². The summed E-state index contributed by atoms with van der Waals surface area (Å²) < 4.78 is 1.93. The van der Waals surface area contributed by atoms with Crippen molar-refractivity contribution in [2.45, 2.75) is 19.5 Å². The molecule has 106 valence electrons. The van der Waals surface area contributed by atoms with Crippen molar-refractivity contribution < 1.29 is 9.90 Å². The third kappa shape index (κ3) is 3.08. The minimum atomic E-state index is -0.192. The molecule has 1 atom stereocenters. The second-order valence-corrected chi connectivity index (χ2v) is 4.95. The Balaban J connectivity index is 2.18. The smallest absolute Gasteiger partial charge is 0.270 e. The largest absolute Gasteiger partial charge is 0.394 e. The lowest BCUT2D eigenvalue weighted by Gasteiger charge is -2.23. The Hall–Kier alpha value is -2.07. The first-order valence-electron chi connectivity index (χ1n) is 6.70. The van der Waals surface area contributed by atoms with E-state index in [4.69, 9.17) is 5.11 Å². The van der Waals surface area contributed by atoms with Crippen molar-refractivity contribution in [1.82, 2.24) is 9.47 Å². The van der Waals surface area contributed by atoms with E-state index < -0.39 is 0 Å². The van der Waals surface area contributed by atoms with Gasteiger partial charge in [-0.1, -0.05) is 30.3 Å². The van der Waals surface area contributed by atoms with Crippen LogP contribution in [-0.4, -0.2) is 40.2 Å². The van der Waals surface area contributed by atoms with Crippen molar-refractivity contribution in [3.05, 3.63) is 59.9 Å². The summed E-state index contributed by atoms with van der Waals surface area (Å²) in [7, 11) is 1.71. The van der Waals surface area contributed by atoms with Crippen LogP contribution >= 0.6 is 0 Å². The number of rotatable bonds is 5. The highest BCUT2D eigenvalue weighted by atomic mass is 16.3. The zero-order chi connectivity index (χ0) is 14.5. The Morgan fingerprint density at radius 2 is 1.95 bits per heavy atom. The van der Waals surface area contributed by atoms with Crippen LogP contribution < -0.4 is 0 Å². The molecule has 0 saturated heterocycles. The zero-order valence-corrected chi connectivity index (χ0v) is 11.9. The number of benzene rings is 1. The lowest BCUT2D eigenvalue weighted by molar-refractivity contribution is 0.0672. The van der Waals surface area contributed by atoms with Crippen molar-refractivity contribution in [2.75, 3.05) is 13.7 Å². The summed E-state index contributed by atoms with van der Waals surface area (Å²) in [4.78, 5) is 14.0. The van der Waals surface area contributed by atoms with Crippen LogP contribution in [0.2, 0.25) is 0 Å². The number of amides is 1. The van der Waals surface area contributed by atoms with E-state index in [0.29, 0.717) is 12.2 Å². The van der Waals surface area contributed by atoms with Crippen LogP contribution in [0.25, 0.3) is 0 Å². The fraction of sp³-hybridized carbons (Fsp3) is 0.312. The second-order valence-electron chi connectivity index (χ2n) is 4.95. The molecule has 2 rings (SSSR count). The molecule has 20 heavy (non-hydrogen) atoms. The summed E-state index contributed by atoms with van der Waals surface area (Å²) in [6.45, 7) is 2.44. The van der Waals surface area contributed by atoms with Crippen LogP contribution in [0.5, 0.6) is 0 Å². The summed E-state index contributed by atoms with van der Waals surface area (Å²) >= 11 is 0. The van der Waals surface area contributed by atoms with Gasteiger partial charge in [-0.15, -0.1) is 0 Å². The second kappa shape index (κ2) is 6.39. The van der Waals surface area contributed by atoms with Gasteiger partial charge in [-0.25, -0.2) is 0 Å². The van der Waals surface area contributed by atoms with E-state index in [2.05, 4.69) is 0 Å². The molecule has 0 radical (unpaired) electrons. The normalized spacial score (nSPS) is 12.2. The van der Waals surface area contributed by atoms with E-state index in [0.717, 1.165) is 5.56 Å². The van der Waals surface area contributed by atoms with Gasteiger partial charge in [-0.3, -0.25) is 4.79 Å². The molecule has 1 amide bonds. The number of aliphatic hydroxyl groups is 1. The average molecular weight is 272 g/mol. The van der Waals surface area contributed by atoms with Gasteiger partial charge in [0.1, 0.15) is 5.69 Å². The van der Waals surface area contributed by atoms with Crippen LogP contribution in [-0.2, 0) is 6.54 Å².